The van der Waals surface area contributed by atoms with E-state index in [1.165, 1.54) is 0 Å². The topological polar surface area (TPSA) is 59.6 Å². The quantitative estimate of drug-likeness (QED) is 0.687. The molecular weight excluding hydrogens is 316 g/mol. The molecule has 0 spiro atoms. The summed E-state index contributed by atoms with van der Waals surface area (Å²) in [5.41, 5.74) is 2.28. The second kappa shape index (κ2) is 10.2. The average Bonchev–Trinajstić information content (AvgIpc) is 2.63. The number of ether oxygens (including phenoxy) is 2. The van der Waals surface area contributed by atoms with E-state index in [2.05, 4.69) is 10.6 Å². The maximum absolute atomic E-state index is 11.7. The van der Waals surface area contributed by atoms with Crippen LogP contribution in [0, 0.1) is 6.92 Å². The van der Waals surface area contributed by atoms with E-state index in [-0.39, 0.29) is 6.03 Å². The number of rotatable bonds is 9. The summed E-state index contributed by atoms with van der Waals surface area (Å²) in [6, 6.07) is 15.6. The van der Waals surface area contributed by atoms with Crippen molar-refractivity contribution in [3.8, 4) is 11.5 Å². The van der Waals surface area contributed by atoms with Gasteiger partial charge in [0.25, 0.3) is 0 Å². The third-order valence-electron chi connectivity index (χ3n) is 3.82. The molecule has 0 saturated heterocycles. The molecule has 0 aliphatic rings. The monoisotopic (exact) mass is 342 g/mol. The van der Waals surface area contributed by atoms with E-state index in [0.717, 1.165) is 35.5 Å². The van der Waals surface area contributed by atoms with Gasteiger partial charge in [-0.1, -0.05) is 30.3 Å². The molecule has 0 heterocycles. The molecule has 2 rings (SSSR count). The molecule has 0 unspecified atom stereocenters. The molecule has 0 aliphatic carbocycles. The highest BCUT2D eigenvalue weighted by atomic mass is 16.5. The van der Waals surface area contributed by atoms with Crippen LogP contribution in [0.5, 0.6) is 11.5 Å². The van der Waals surface area contributed by atoms with Gasteiger partial charge in [-0.25, -0.2) is 4.79 Å². The molecule has 2 aromatic rings. The SMILES string of the molecule is COc1ccc(CCNC(=O)NCCCOc2ccccc2C)cc1. The fourth-order valence-corrected chi connectivity index (χ4v) is 2.35. The smallest absolute Gasteiger partial charge is 0.314 e. The first-order valence-corrected chi connectivity index (χ1v) is 8.52. The fraction of sp³-hybridized carbons (Fsp3) is 0.350. The molecule has 5 nitrogen and oxygen atoms in total. The third-order valence-corrected chi connectivity index (χ3v) is 3.82. The Labute approximate surface area is 149 Å². The van der Waals surface area contributed by atoms with Gasteiger partial charge in [-0.15, -0.1) is 0 Å². The van der Waals surface area contributed by atoms with Crippen molar-refractivity contribution < 1.29 is 14.3 Å². The zero-order chi connectivity index (χ0) is 17.9. The van der Waals surface area contributed by atoms with Crippen LogP contribution in [0.15, 0.2) is 48.5 Å². The predicted molar refractivity (Wildman–Crippen MR) is 99.4 cm³/mol. The van der Waals surface area contributed by atoms with Gasteiger partial charge >= 0.3 is 6.03 Å². The minimum Gasteiger partial charge on any atom is -0.497 e. The van der Waals surface area contributed by atoms with Gasteiger partial charge in [0.1, 0.15) is 11.5 Å². The number of urea groups is 1. The second-order valence-corrected chi connectivity index (χ2v) is 5.75. The van der Waals surface area contributed by atoms with Crippen molar-refractivity contribution in [1.29, 1.82) is 0 Å². The van der Waals surface area contributed by atoms with Gasteiger partial charge in [0.05, 0.1) is 13.7 Å². The normalized spacial score (nSPS) is 10.2. The number of hydrogen-bond acceptors (Lipinski definition) is 3. The second-order valence-electron chi connectivity index (χ2n) is 5.75. The average molecular weight is 342 g/mol. The van der Waals surface area contributed by atoms with Crippen molar-refractivity contribution in [1.82, 2.24) is 10.6 Å². The number of nitrogens with one attached hydrogen (secondary N) is 2. The minimum absolute atomic E-state index is 0.149. The van der Waals surface area contributed by atoms with E-state index in [9.17, 15) is 4.79 Å². The van der Waals surface area contributed by atoms with E-state index in [1.807, 2.05) is 55.5 Å². The van der Waals surface area contributed by atoms with Crippen LogP contribution in [0.3, 0.4) is 0 Å². The molecule has 5 heteroatoms. The summed E-state index contributed by atoms with van der Waals surface area (Å²) in [4.78, 5) is 11.7. The summed E-state index contributed by atoms with van der Waals surface area (Å²) < 4.78 is 10.8. The Hall–Kier alpha value is -2.69. The lowest BCUT2D eigenvalue weighted by atomic mass is 10.1. The maximum atomic E-state index is 11.7. The summed E-state index contributed by atoms with van der Waals surface area (Å²) in [6.45, 7) is 3.78. The van der Waals surface area contributed by atoms with Crippen molar-refractivity contribution in [2.45, 2.75) is 19.8 Å². The molecule has 2 N–H and O–H groups in total. The number of carbonyl (C=O) groups excluding carboxylic acids is 1. The Kier molecular flexibility index (Phi) is 7.63. The van der Waals surface area contributed by atoms with Crippen LogP contribution in [0.1, 0.15) is 17.5 Å². The Morgan fingerprint density at radius 1 is 1.00 bits per heavy atom. The summed E-state index contributed by atoms with van der Waals surface area (Å²) in [5.74, 6) is 1.73. The van der Waals surface area contributed by atoms with Gasteiger partial charge in [0, 0.05) is 13.1 Å². The minimum atomic E-state index is -0.149. The maximum Gasteiger partial charge on any atom is 0.314 e. The largest absolute Gasteiger partial charge is 0.497 e. The molecule has 134 valence electrons. The Bertz CT molecular complexity index is 656. The van der Waals surface area contributed by atoms with E-state index >= 15 is 0 Å². The molecule has 2 amide bonds. The Morgan fingerprint density at radius 3 is 2.44 bits per heavy atom. The van der Waals surface area contributed by atoms with Gasteiger partial charge in [0.2, 0.25) is 0 Å². The molecule has 0 bridgehead atoms. The first-order chi connectivity index (χ1) is 12.2. The van der Waals surface area contributed by atoms with Crippen LogP contribution < -0.4 is 20.1 Å². The molecule has 25 heavy (non-hydrogen) atoms. The molecule has 0 atom stereocenters. The number of amides is 2. The van der Waals surface area contributed by atoms with Crippen molar-refractivity contribution in [3.05, 3.63) is 59.7 Å². The molecular formula is C20H26N2O3. The Balaban J connectivity index is 1.54. The highest BCUT2D eigenvalue weighted by Crippen LogP contribution is 2.16. The standard InChI is InChI=1S/C20H26N2O3/c1-16-6-3-4-7-19(16)25-15-5-13-21-20(23)22-14-12-17-8-10-18(24-2)11-9-17/h3-4,6-11H,5,12-15H2,1-2H3,(H2,21,22,23). The van der Waals surface area contributed by atoms with Crippen LogP contribution in [-0.2, 0) is 6.42 Å². The van der Waals surface area contributed by atoms with Gasteiger partial charge in [-0.05, 0) is 49.1 Å². The Morgan fingerprint density at radius 2 is 1.72 bits per heavy atom. The highest BCUT2D eigenvalue weighted by Gasteiger charge is 2.01. The summed E-state index contributed by atoms with van der Waals surface area (Å²) in [5, 5.41) is 5.69. The highest BCUT2D eigenvalue weighted by molar-refractivity contribution is 5.73. The summed E-state index contributed by atoms with van der Waals surface area (Å²) in [7, 11) is 1.65. The lowest BCUT2D eigenvalue weighted by molar-refractivity contribution is 0.239. The van der Waals surface area contributed by atoms with E-state index in [1.54, 1.807) is 7.11 Å². The number of para-hydroxylation sites is 1. The summed E-state index contributed by atoms with van der Waals surface area (Å²) in [6.07, 6.45) is 1.55. The number of benzene rings is 2. The number of carbonyl (C=O) groups is 1. The third kappa shape index (κ3) is 6.75. The molecule has 2 aromatic carbocycles. The summed E-state index contributed by atoms with van der Waals surface area (Å²) >= 11 is 0. The lowest BCUT2D eigenvalue weighted by Gasteiger charge is -2.10. The van der Waals surface area contributed by atoms with Crippen LogP contribution in [0.4, 0.5) is 4.79 Å². The van der Waals surface area contributed by atoms with Crippen LogP contribution >= 0.6 is 0 Å². The van der Waals surface area contributed by atoms with Crippen molar-refractivity contribution in [2.75, 3.05) is 26.8 Å². The first-order valence-electron chi connectivity index (χ1n) is 8.52. The van der Waals surface area contributed by atoms with Crippen molar-refractivity contribution in [2.24, 2.45) is 0 Å². The molecule has 0 radical (unpaired) electrons. The van der Waals surface area contributed by atoms with E-state index < -0.39 is 0 Å². The number of hydrogen-bond donors (Lipinski definition) is 2. The van der Waals surface area contributed by atoms with Crippen LogP contribution in [0.2, 0.25) is 0 Å². The molecule has 0 aromatic heterocycles. The zero-order valence-electron chi connectivity index (χ0n) is 14.9. The fourth-order valence-electron chi connectivity index (χ4n) is 2.35. The van der Waals surface area contributed by atoms with Crippen molar-refractivity contribution in [3.63, 3.8) is 0 Å². The molecule has 0 fully saturated rings. The zero-order valence-corrected chi connectivity index (χ0v) is 14.9. The lowest BCUT2D eigenvalue weighted by Crippen LogP contribution is -2.37. The van der Waals surface area contributed by atoms with Gasteiger partial charge in [-0.3, -0.25) is 0 Å². The van der Waals surface area contributed by atoms with Gasteiger partial charge in [-0.2, -0.15) is 0 Å². The van der Waals surface area contributed by atoms with E-state index in [4.69, 9.17) is 9.47 Å². The van der Waals surface area contributed by atoms with Crippen molar-refractivity contribution >= 4 is 6.03 Å². The molecule has 0 saturated carbocycles. The van der Waals surface area contributed by atoms with Crippen LogP contribution in [-0.4, -0.2) is 32.8 Å². The molecule has 0 aliphatic heterocycles. The first kappa shape index (κ1) is 18.6. The van der Waals surface area contributed by atoms with Gasteiger partial charge in [0.15, 0.2) is 0 Å². The number of aryl methyl sites for hydroxylation is 1. The number of methoxy groups -OCH3 is 1. The van der Waals surface area contributed by atoms with Gasteiger partial charge < -0.3 is 20.1 Å². The van der Waals surface area contributed by atoms with E-state index in [0.29, 0.717) is 19.7 Å². The van der Waals surface area contributed by atoms with Crippen LogP contribution in [0.25, 0.3) is 0 Å². The predicted octanol–water partition coefficient (Wildman–Crippen LogP) is 3.31.